The average Bonchev–Trinajstić information content (AvgIpc) is 2.76. The highest BCUT2D eigenvalue weighted by Crippen LogP contribution is 2.47. The Morgan fingerprint density at radius 1 is 1.06 bits per heavy atom. The zero-order valence-electron chi connectivity index (χ0n) is 10.8. The molecule has 17 heavy (non-hydrogen) atoms. The van der Waals surface area contributed by atoms with Gasteiger partial charge >= 0.3 is 0 Å². The summed E-state index contributed by atoms with van der Waals surface area (Å²) in [6.45, 7) is 8.76. The van der Waals surface area contributed by atoms with Gasteiger partial charge in [-0.15, -0.1) is 0 Å². The SMILES string of the molecule is CC(C)C1(C(C)C)ON=C(c2ccccc2)S1. The van der Waals surface area contributed by atoms with Gasteiger partial charge in [0.25, 0.3) is 0 Å². The Kier molecular flexibility index (Phi) is 3.48. The van der Waals surface area contributed by atoms with E-state index in [2.05, 4.69) is 45.0 Å². The molecule has 0 spiro atoms. The smallest absolute Gasteiger partial charge is 0.193 e. The Morgan fingerprint density at radius 2 is 1.65 bits per heavy atom. The van der Waals surface area contributed by atoms with Crippen LogP contribution >= 0.6 is 11.8 Å². The lowest BCUT2D eigenvalue weighted by molar-refractivity contribution is -0.0280. The Bertz CT molecular complexity index is 403. The molecule has 0 unspecified atom stereocenters. The van der Waals surface area contributed by atoms with E-state index >= 15 is 0 Å². The zero-order chi connectivity index (χ0) is 12.5. The van der Waals surface area contributed by atoms with Crippen LogP contribution in [-0.2, 0) is 4.84 Å². The Morgan fingerprint density at radius 3 is 2.12 bits per heavy atom. The van der Waals surface area contributed by atoms with Gasteiger partial charge in [-0.3, -0.25) is 0 Å². The van der Waals surface area contributed by atoms with E-state index in [4.69, 9.17) is 4.84 Å². The average molecular weight is 249 g/mol. The summed E-state index contributed by atoms with van der Waals surface area (Å²) in [6, 6.07) is 10.2. The van der Waals surface area contributed by atoms with Crippen LogP contribution < -0.4 is 0 Å². The van der Waals surface area contributed by atoms with Gasteiger partial charge in [0, 0.05) is 17.4 Å². The molecule has 1 aromatic rings. The second kappa shape index (κ2) is 4.73. The van der Waals surface area contributed by atoms with Gasteiger partial charge in [0.15, 0.2) is 4.93 Å². The van der Waals surface area contributed by atoms with Gasteiger partial charge in [0.05, 0.1) is 0 Å². The molecule has 1 aliphatic heterocycles. The minimum atomic E-state index is -0.217. The zero-order valence-corrected chi connectivity index (χ0v) is 11.6. The van der Waals surface area contributed by atoms with Gasteiger partial charge in [-0.1, -0.05) is 74.9 Å². The fourth-order valence-corrected chi connectivity index (χ4v) is 3.28. The normalized spacial score (nSPS) is 18.4. The minimum Gasteiger partial charge on any atom is -0.376 e. The van der Waals surface area contributed by atoms with Crippen LogP contribution in [0.4, 0.5) is 0 Å². The lowest BCUT2D eigenvalue weighted by atomic mass is 9.95. The summed E-state index contributed by atoms with van der Waals surface area (Å²) in [5.41, 5.74) is 1.14. The van der Waals surface area contributed by atoms with Crippen LogP contribution in [0.5, 0.6) is 0 Å². The Hall–Kier alpha value is -0.960. The summed E-state index contributed by atoms with van der Waals surface area (Å²) in [7, 11) is 0. The van der Waals surface area contributed by atoms with Gasteiger partial charge in [0.1, 0.15) is 5.04 Å². The Labute approximate surface area is 107 Å². The van der Waals surface area contributed by atoms with Gasteiger partial charge in [0.2, 0.25) is 0 Å². The molecule has 2 nitrogen and oxygen atoms in total. The molecule has 1 aliphatic rings. The highest BCUT2D eigenvalue weighted by atomic mass is 32.2. The molecule has 2 rings (SSSR count). The van der Waals surface area contributed by atoms with E-state index in [0.29, 0.717) is 11.8 Å². The predicted molar refractivity (Wildman–Crippen MR) is 74.1 cm³/mol. The summed E-state index contributed by atoms with van der Waals surface area (Å²) < 4.78 is 0. The van der Waals surface area contributed by atoms with Crippen LogP contribution in [-0.4, -0.2) is 9.98 Å². The largest absolute Gasteiger partial charge is 0.376 e. The van der Waals surface area contributed by atoms with Crippen molar-refractivity contribution in [3.8, 4) is 0 Å². The first-order chi connectivity index (χ1) is 8.06. The molecule has 1 aromatic carbocycles. The van der Waals surface area contributed by atoms with E-state index in [-0.39, 0.29) is 4.93 Å². The van der Waals surface area contributed by atoms with Crippen LogP contribution in [0.2, 0.25) is 0 Å². The summed E-state index contributed by atoms with van der Waals surface area (Å²) >= 11 is 1.76. The third-order valence-corrected chi connectivity index (χ3v) is 5.00. The van der Waals surface area contributed by atoms with Crippen LogP contribution in [0, 0.1) is 11.8 Å². The number of hydrogen-bond donors (Lipinski definition) is 0. The van der Waals surface area contributed by atoms with Crippen LogP contribution in [0.3, 0.4) is 0 Å². The van der Waals surface area contributed by atoms with Crippen molar-refractivity contribution >= 4 is 16.8 Å². The molecule has 0 fully saturated rings. The van der Waals surface area contributed by atoms with Crippen molar-refractivity contribution in [3.05, 3.63) is 35.9 Å². The van der Waals surface area contributed by atoms with Gasteiger partial charge in [-0.05, 0) is 0 Å². The standard InChI is InChI=1S/C14H19NOS/c1-10(2)14(11(3)4)16-15-13(17-14)12-8-6-5-7-9-12/h5-11H,1-4H3. The van der Waals surface area contributed by atoms with Crippen molar-refractivity contribution in [2.45, 2.75) is 32.6 Å². The molecule has 0 saturated heterocycles. The molecule has 3 heteroatoms. The first-order valence-corrected chi connectivity index (χ1v) is 6.88. The monoisotopic (exact) mass is 249 g/mol. The molecule has 0 N–H and O–H groups in total. The maximum absolute atomic E-state index is 5.78. The van der Waals surface area contributed by atoms with Crippen molar-refractivity contribution in [1.29, 1.82) is 0 Å². The highest BCUT2D eigenvalue weighted by molar-refractivity contribution is 8.15. The molecule has 0 aliphatic carbocycles. The maximum atomic E-state index is 5.78. The van der Waals surface area contributed by atoms with E-state index < -0.39 is 0 Å². The number of rotatable bonds is 3. The lowest BCUT2D eigenvalue weighted by Gasteiger charge is -2.33. The summed E-state index contributed by atoms with van der Waals surface area (Å²) in [5, 5.41) is 5.28. The second-order valence-electron chi connectivity index (χ2n) is 4.99. The molecule has 92 valence electrons. The molecule has 0 aromatic heterocycles. The fraction of sp³-hybridized carbons (Fsp3) is 0.500. The number of hydrogen-bond acceptors (Lipinski definition) is 3. The van der Waals surface area contributed by atoms with Crippen molar-refractivity contribution in [1.82, 2.24) is 0 Å². The van der Waals surface area contributed by atoms with Crippen molar-refractivity contribution in [2.75, 3.05) is 0 Å². The predicted octanol–water partition coefficient (Wildman–Crippen LogP) is 4.12. The first kappa shape index (κ1) is 12.5. The molecular formula is C14H19NOS. The molecular weight excluding hydrogens is 230 g/mol. The third-order valence-electron chi connectivity index (χ3n) is 3.16. The van der Waals surface area contributed by atoms with E-state index in [9.17, 15) is 0 Å². The van der Waals surface area contributed by atoms with E-state index in [0.717, 1.165) is 10.6 Å². The van der Waals surface area contributed by atoms with E-state index in [1.54, 1.807) is 11.8 Å². The third kappa shape index (κ3) is 2.21. The van der Waals surface area contributed by atoms with Crippen molar-refractivity contribution in [2.24, 2.45) is 17.0 Å². The van der Waals surface area contributed by atoms with Gasteiger partial charge in [-0.2, -0.15) is 0 Å². The van der Waals surface area contributed by atoms with E-state index in [1.807, 2.05) is 18.2 Å². The van der Waals surface area contributed by atoms with Gasteiger partial charge in [-0.25, -0.2) is 0 Å². The first-order valence-electron chi connectivity index (χ1n) is 6.07. The molecule has 1 heterocycles. The molecule has 0 radical (unpaired) electrons. The molecule has 0 bridgehead atoms. The van der Waals surface area contributed by atoms with Crippen LogP contribution in [0.15, 0.2) is 35.5 Å². The van der Waals surface area contributed by atoms with Crippen molar-refractivity contribution in [3.63, 3.8) is 0 Å². The van der Waals surface area contributed by atoms with E-state index in [1.165, 1.54) is 0 Å². The quantitative estimate of drug-likeness (QED) is 0.803. The van der Waals surface area contributed by atoms with Crippen LogP contribution in [0.25, 0.3) is 0 Å². The number of benzene rings is 1. The fourth-order valence-electron chi connectivity index (χ4n) is 2.11. The lowest BCUT2D eigenvalue weighted by Crippen LogP contribution is -2.37. The number of nitrogens with zero attached hydrogens (tertiary/aromatic N) is 1. The van der Waals surface area contributed by atoms with Crippen molar-refractivity contribution < 1.29 is 4.84 Å². The summed E-state index contributed by atoms with van der Waals surface area (Å²) in [4.78, 5) is 5.56. The summed E-state index contributed by atoms with van der Waals surface area (Å²) in [6.07, 6.45) is 0. The Balaban J connectivity index is 2.23. The van der Waals surface area contributed by atoms with Gasteiger partial charge < -0.3 is 4.84 Å². The minimum absolute atomic E-state index is 0.217. The summed E-state index contributed by atoms with van der Waals surface area (Å²) in [5.74, 6) is 0.856. The molecule has 0 amide bonds. The topological polar surface area (TPSA) is 21.6 Å². The maximum Gasteiger partial charge on any atom is 0.193 e. The molecule has 0 atom stereocenters. The second-order valence-corrected chi connectivity index (χ2v) is 6.22. The number of thioether (sulfide) groups is 1. The highest BCUT2D eigenvalue weighted by Gasteiger charge is 2.46. The number of oxime groups is 1. The van der Waals surface area contributed by atoms with Crippen LogP contribution in [0.1, 0.15) is 33.3 Å². The molecule has 0 saturated carbocycles.